The van der Waals surface area contributed by atoms with Gasteiger partial charge in [-0.05, 0) is 11.1 Å². The molecule has 0 atom stereocenters. The van der Waals surface area contributed by atoms with E-state index in [0.29, 0.717) is 5.82 Å². The van der Waals surface area contributed by atoms with Crippen molar-refractivity contribution in [1.29, 1.82) is 0 Å². The third kappa shape index (κ3) is 2.45. The van der Waals surface area contributed by atoms with Gasteiger partial charge in [0.1, 0.15) is 5.82 Å². The summed E-state index contributed by atoms with van der Waals surface area (Å²) in [6.07, 6.45) is 3.26. The summed E-state index contributed by atoms with van der Waals surface area (Å²) >= 11 is 0. The molecule has 3 aromatic rings. The fraction of sp³-hybridized carbons (Fsp3) is 0. The van der Waals surface area contributed by atoms with Gasteiger partial charge in [-0.2, -0.15) is 0 Å². The van der Waals surface area contributed by atoms with Gasteiger partial charge in [-0.1, -0.05) is 54.6 Å². The van der Waals surface area contributed by atoms with Crippen molar-refractivity contribution in [3.05, 3.63) is 67.0 Å². The molecule has 0 aliphatic heterocycles. The molecule has 0 spiro atoms. The number of hydrogen-bond donors (Lipinski definition) is 1. The molecule has 3 nitrogen and oxygen atoms in total. The lowest BCUT2D eigenvalue weighted by atomic mass is 10.0. The highest BCUT2D eigenvalue weighted by Gasteiger charge is 2.01. The monoisotopic (exact) mass is 247 g/mol. The van der Waals surface area contributed by atoms with E-state index < -0.39 is 0 Å². The Labute approximate surface area is 111 Å². The van der Waals surface area contributed by atoms with Crippen LogP contribution in [0.5, 0.6) is 0 Å². The van der Waals surface area contributed by atoms with Crippen LogP contribution >= 0.6 is 0 Å². The summed E-state index contributed by atoms with van der Waals surface area (Å²) < 4.78 is 0. The Hall–Kier alpha value is -2.68. The molecule has 2 N–H and O–H groups in total. The van der Waals surface area contributed by atoms with Crippen molar-refractivity contribution in [1.82, 2.24) is 9.97 Å². The summed E-state index contributed by atoms with van der Waals surface area (Å²) in [5.41, 5.74) is 9.83. The molecule has 0 aliphatic carbocycles. The van der Waals surface area contributed by atoms with Crippen LogP contribution in [0.3, 0.4) is 0 Å². The van der Waals surface area contributed by atoms with Gasteiger partial charge in [0.25, 0.3) is 0 Å². The van der Waals surface area contributed by atoms with E-state index in [9.17, 15) is 0 Å². The second-order valence-corrected chi connectivity index (χ2v) is 4.27. The van der Waals surface area contributed by atoms with Crippen LogP contribution in [-0.4, -0.2) is 9.97 Å². The molecular formula is C16H13N3. The maximum absolute atomic E-state index is 5.64. The Morgan fingerprint density at radius 3 is 2.00 bits per heavy atom. The van der Waals surface area contributed by atoms with E-state index >= 15 is 0 Å². The Morgan fingerprint density at radius 2 is 1.32 bits per heavy atom. The van der Waals surface area contributed by atoms with Crippen LogP contribution in [0.15, 0.2) is 67.0 Å². The van der Waals surface area contributed by atoms with E-state index in [1.165, 1.54) is 11.1 Å². The van der Waals surface area contributed by atoms with E-state index in [1.807, 2.05) is 30.3 Å². The number of rotatable bonds is 2. The summed E-state index contributed by atoms with van der Waals surface area (Å²) in [6, 6.07) is 18.5. The second-order valence-electron chi connectivity index (χ2n) is 4.27. The molecule has 3 heteroatoms. The largest absolute Gasteiger partial charge is 0.382 e. The van der Waals surface area contributed by atoms with Gasteiger partial charge < -0.3 is 5.73 Å². The zero-order chi connectivity index (χ0) is 13.1. The van der Waals surface area contributed by atoms with E-state index in [2.05, 4.69) is 34.2 Å². The van der Waals surface area contributed by atoms with Crippen molar-refractivity contribution in [2.24, 2.45) is 0 Å². The molecule has 0 unspecified atom stereocenters. The maximum atomic E-state index is 5.64. The lowest BCUT2D eigenvalue weighted by molar-refractivity contribution is 1.22. The lowest BCUT2D eigenvalue weighted by Crippen LogP contribution is -1.93. The third-order valence-corrected chi connectivity index (χ3v) is 2.94. The van der Waals surface area contributed by atoms with Gasteiger partial charge in [0, 0.05) is 5.56 Å². The SMILES string of the molecule is Nc1cncc(-c2ccc(-c3ccccc3)cc2)n1. The molecule has 0 saturated carbocycles. The maximum Gasteiger partial charge on any atom is 0.142 e. The number of nitrogen functional groups attached to an aromatic ring is 1. The molecule has 0 bridgehead atoms. The topological polar surface area (TPSA) is 51.8 Å². The zero-order valence-corrected chi connectivity index (χ0v) is 10.3. The first-order valence-corrected chi connectivity index (χ1v) is 6.06. The average Bonchev–Trinajstić information content (AvgIpc) is 2.48. The minimum Gasteiger partial charge on any atom is -0.382 e. The van der Waals surface area contributed by atoms with E-state index in [4.69, 9.17) is 5.73 Å². The van der Waals surface area contributed by atoms with Gasteiger partial charge in [0.15, 0.2) is 0 Å². The van der Waals surface area contributed by atoms with Gasteiger partial charge >= 0.3 is 0 Å². The molecule has 1 aromatic heterocycles. The molecule has 0 fully saturated rings. The molecular weight excluding hydrogens is 234 g/mol. The predicted octanol–water partition coefficient (Wildman–Crippen LogP) is 3.39. The minimum atomic E-state index is 0.435. The third-order valence-electron chi connectivity index (χ3n) is 2.94. The number of nitrogens with zero attached hydrogens (tertiary/aromatic N) is 2. The van der Waals surface area contributed by atoms with E-state index in [1.54, 1.807) is 12.4 Å². The fourth-order valence-corrected chi connectivity index (χ4v) is 1.98. The summed E-state index contributed by atoms with van der Waals surface area (Å²) in [5.74, 6) is 0.435. The fourth-order valence-electron chi connectivity index (χ4n) is 1.98. The molecule has 3 rings (SSSR count). The Morgan fingerprint density at radius 1 is 0.684 bits per heavy atom. The van der Waals surface area contributed by atoms with E-state index in [-0.39, 0.29) is 0 Å². The lowest BCUT2D eigenvalue weighted by Gasteiger charge is -2.04. The van der Waals surface area contributed by atoms with Gasteiger partial charge in [0.05, 0.1) is 18.1 Å². The molecule has 2 aromatic carbocycles. The quantitative estimate of drug-likeness (QED) is 0.755. The van der Waals surface area contributed by atoms with Gasteiger partial charge in [0.2, 0.25) is 0 Å². The van der Waals surface area contributed by atoms with Gasteiger partial charge in [-0.3, -0.25) is 4.98 Å². The van der Waals surface area contributed by atoms with Gasteiger partial charge in [-0.15, -0.1) is 0 Å². The smallest absolute Gasteiger partial charge is 0.142 e. The highest BCUT2D eigenvalue weighted by molar-refractivity contribution is 5.68. The molecule has 1 heterocycles. The first-order chi connectivity index (χ1) is 9.33. The number of anilines is 1. The van der Waals surface area contributed by atoms with E-state index in [0.717, 1.165) is 11.3 Å². The van der Waals surface area contributed by atoms with Crippen LogP contribution in [0.1, 0.15) is 0 Å². The standard InChI is InChI=1S/C16H13N3/c17-16-11-18-10-15(19-16)14-8-6-13(7-9-14)12-4-2-1-3-5-12/h1-11H,(H2,17,19). The van der Waals surface area contributed by atoms with Crippen LogP contribution in [0.4, 0.5) is 5.82 Å². The number of hydrogen-bond acceptors (Lipinski definition) is 3. The first kappa shape index (κ1) is 11.4. The zero-order valence-electron chi connectivity index (χ0n) is 10.3. The summed E-state index contributed by atoms with van der Waals surface area (Å²) in [6.45, 7) is 0. The van der Waals surface area contributed by atoms with Crippen molar-refractivity contribution in [3.63, 3.8) is 0 Å². The van der Waals surface area contributed by atoms with Crippen molar-refractivity contribution in [2.75, 3.05) is 5.73 Å². The highest BCUT2D eigenvalue weighted by Crippen LogP contribution is 2.23. The Kier molecular flexibility index (Phi) is 2.94. The van der Waals surface area contributed by atoms with Crippen LogP contribution < -0.4 is 5.73 Å². The van der Waals surface area contributed by atoms with Crippen molar-refractivity contribution >= 4 is 5.82 Å². The van der Waals surface area contributed by atoms with Crippen LogP contribution in [0.2, 0.25) is 0 Å². The van der Waals surface area contributed by atoms with Crippen LogP contribution in [-0.2, 0) is 0 Å². The molecule has 0 amide bonds. The average molecular weight is 247 g/mol. The van der Waals surface area contributed by atoms with Crippen LogP contribution in [0, 0.1) is 0 Å². The minimum absolute atomic E-state index is 0.435. The first-order valence-electron chi connectivity index (χ1n) is 6.06. The Bertz CT molecular complexity index is 676. The molecule has 0 saturated heterocycles. The molecule has 19 heavy (non-hydrogen) atoms. The Balaban J connectivity index is 1.95. The van der Waals surface area contributed by atoms with Gasteiger partial charge in [-0.25, -0.2) is 4.98 Å². The summed E-state index contributed by atoms with van der Waals surface area (Å²) in [7, 11) is 0. The summed E-state index contributed by atoms with van der Waals surface area (Å²) in [4.78, 5) is 8.31. The van der Waals surface area contributed by atoms with Crippen molar-refractivity contribution in [2.45, 2.75) is 0 Å². The predicted molar refractivity (Wildman–Crippen MR) is 77.3 cm³/mol. The molecule has 0 radical (unpaired) electrons. The van der Waals surface area contributed by atoms with Crippen molar-refractivity contribution < 1.29 is 0 Å². The van der Waals surface area contributed by atoms with Crippen LogP contribution in [0.25, 0.3) is 22.4 Å². The normalized spacial score (nSPS) is 10.3. The van der Waals surface area contributed by atoms with Crippen molar-refractivity contribution in [3.8, 4) is 22.4 Å². The molecule has 92 valence electrons. The summed E-state index contributed by atoms with van der Waals surface area (Å²) in [5, 5.41) is 0. The number of aromatic nitrogens is 2. The molecule has 0 aliphatic rings. The number of nitrogens with two attached hydrogens (primary N) is 1. The second kappa shape index (κ2) is 4.90. The highest BCUT2D eigenvalue weighted by atomic mass is 14.9. The number of benzene rings is 2.